The van der Waals surface area contributed by atoms with Gasteiger partial charge in [0, 0.05) is 26.6 Å². The Morgan fingerprint density at radius 2 is 2.07 bits per heavy atom. The molecule has 2 unspecified atom stereocenters. The van der Waals surface area contributed by atoms with Gasteiger partial charge < -0.3 is 14.9 Å². The molecular weight excluding hydrogens is 196 g/mol. The summed E-state index contributed by atoms with van der Waals surface area (Å²) in [5.74, 6) is -1.13. The highest BCUT2D eigenvalue weighted by molar-refractivity contribution is 5.86. The molecule has 0 radical (unpaired) electrons. The number of likely N-dealkylation sites (tertiary alicyclic amines) is 1. The quantitative estimate of drug-likeness (QED) is 0.703. The fourth-order valence-electron chi connectivity index (χ4n) is 2.12. The molecule has 86 valence electrons. The van der Waals surface area contributed by atoms with Gasteiger partial charge in [0.2, 0.25) is 5.91 Å². The van der Waals surface area contributed by atoms with Crippen molar-refractivity contribution in [1.29, 1.82) is 0 Å². The first-order chi connectivity index (χ1) is 6.81. The van der Waals surface area contributed by atoms with Gasteiger partial charge in [-0.1, -0.05) is 0 Å². The molecule has 1 saturated heterocycles. The molecular formula is C10H18N2O3. The molecule has 0 aromatic rings. The number of likely N-dealkylation sites (N-methyl/N-ethyl adjacent to an activating group) is 2. The highest BCUT2D eigenvalue weighted by Gasteiger charge is 2.51. The Morgan fingerprint density at radius 1 is 1.53 bits per heavy atom. The van der Waals surface area contributed by atoms with Crippen LogP contribution in [0, 0.1) is 0 Å². The molecule has 1 fully saturated rings. The Labute approximate surface area is 89.7 Å². The highest BCUT2D eigenvalue weighted by Crippen LogP contribution is 2.31. The predicted molar refractivity (Wildman–Crippen MR) is 55.5 cm³/mol. The van der Waals surface area contributed by atoms with Gasteiger partial charge in [-0.25, -0.2) is 4.79 Å². The summed E-state index contributed by atoms with van der Waals surface area (Å²) < 4.78 is 0. The largest absolute Gasteiger partial charge is 0.479 e. The lowest BCUT2D eigenvalue weighted by atomic mass is 9.94. The van der Waals surface area contributed by atoms with Crippen LogP contribution >= 0.6 is 0 Å². The van der Waals surface area contributed by atoms with Gasteiger partial charge in [0.15, 0.2) is 5.54 Å². The van der Waals surface area contributed by atoms with Crippen molar-refractivity contribution >= 4 is 11.9 Å². The van der Waals surface area contributed by atoms with Gasteiger partial charge in [-0.2, -0.15) is 0 Å². The van der Waals surface area contributed by atoms with Crippen LogP contribution in [0.15, 0.2) is 0 Å². The van der Waals surface area contributed by atoms with Crippen LogP contribution in [0.3, 0.4) is 0 Å². The number of hydrogen-bond acceptors (Lipinski definition) is 3. The van der Waals surface area contributed by atoms with E-state index in [0.29, 0.717) is 13.0 Å². The van der Waals surface area contributed by atoms with Gasteiger partial charge >= 0.3 is 5.97 Å². The van der Waals surface area contributed by atoms with E-state index in [1.807, 2.05) is 18.9 Å². The molecule has 1 aliphatic heterocycles. The summed E-state index contributed by atoms with van der Waals surface area (Å²) >= 11 is 0. The normalized spacial score (nSPS) is 31.6. The van der Waals surface area contributed by atoms with Gasteiger partial charge in [0.1, 0.15) is 0 Å². The van der Waals surface area contributed by atoms with Gasteiger partial charge in [0.25, 0.3) is 0 Å². The van der Waals surface area contributed by atoms with Crippen LogP contribution in [0.4, 0.5) is 0 Å². The predicted octanol–water partition coefficient (Wildman–Crippen LogP) is 0.0121. The summed E-state index contributed by atoms with van der Waals surface area (Å²) in [5.41, 5.74) is -1.06. The summed E-state index contributed by atoms with van der Waals surface area (Å²) in [6.45, 7) is 3.76. The Balaban J connectivity index is 3.02. The fourth-order valence-corrected chi connectivity index (χ4v) is 2.12. The second kappa shape index (κ2) is 3.81. The summed E-state index contributed by atoms with van der Waals surface area (Å²) in [6.07, 6.45) is 0.481. The summed E-state index contributed by atoms with van der Waals surface area (Å²) in [4.78, 5) is 25.9. The van der Waals surface area contributed by atoms with Crippen molar-refractivity contribution in [1.82, 2.24) is 9.80 Å². The van der Waals surface area contributed by atoms with Crippen molar-refractivity contribution in [3.8, 4) is 0 Å². The summed E-state index contributed by atoms with van der Waals surface area (Å²) in [7, 11) is 3.44. The first-order valence-corrected chi connectivity index (χ1v) is 4.99. The second-order valence-corrected chi connectivity index (χ2v) is 4.38. The van der Waals surface area contributed by atoms with Gasteiger partial charge in [-0.05, 0) is 20.4 Å². The van der Waals surface area contributed by atoms with Crippen LogP contribution in [0.1, 0.15) is 20.3 Å². The van der Waals surface area contributed by atoms with Crippen molar-refractivity contribution < 1.29 is 14.7 Å². The van der Waals surface area contributed by atoms with Gasteiger partial charge in [-0.3, -0.25) is 4.79 Å². The van der Waals surface area contributed by atoms with E-state index in [1.165, 1.54) is 11.8 Å². The Morgan fingerprint density at radius 3 is 2.33 bits per heavy atom. The van der Waals surface area contributed by atoms with E-state index in [-0.39, 0.29) is 11.9 Å². The molecule has 0 aliphatic carbocycles. The van der Waals surface area contributed by atoms with Crippen LogP contribution in [0.5, 0.6) is 0 Å². The third-order valence-electron chi connectivity index (χ3n) is 3.41. The molecule has 0 aromatic carbocycles. The van der Waals surface area contributed by atoms with Gasteiger partial charge in [-0.15, -0.1) is 0 Å². The fraction of sp³-hybridized carbons (Fsp3) is 0.800. The number of nitrogens with zero attached hydrogens (tertiary/aromatic N) is 2. The number of rotatable bonds is 2. The molecule has 0 bridgehead atoms. The van der Waals surface area contributed by atoms with E-state index >= 15 is 0 Å². The van der Waals surface area contributed by atoms with Crippen LogP contribution in [-0.2, 0) is 9.59 Å². The molecule has 1 aliphatic rings. The van der Waals surface area contributed by atoms with Crippen molar-refractivity contribution in [3.05, 3.63) is 0 Å². The lowest BCUT2D eigenvalue weighted by molar-refractivity contribution is -0.156. The minimum absolute atomic E-state index is 0.183. The minimum Gasteiger partial charge on any atom is -0.479 e. The first-order valence-electron chi connectivity index (χ1n) is 4.99. The van der Waals surface area contributed by atoms with Gasteiger partial charge in [0.05, 0.1) is 0 Å². The van der Waals surface area contributed by atoms with E-state index in [0.717, 1.165) is 0 Å². The number of hydrogen-bond donors (Lipinski definition) is 1. The van der Waals surface area contributed by atoms with Crippen LogP contribution < -0.4 is 0 Å². The molecule has 0 aromatic heterocycles. The highest BCUT2D eigenvalue weighted by atomic mass is 16.4. The van der Waals surface area contributed by atoms with E-state index in [4.69, 9.17) is 0 Å². The number of carboxylic acid groups (broad SMARTS) is 1. The minimum atomic E-state index is -1.06. The number of amides is 1. The average Bonchev–Trinajstić information content (AvgIpc) is 2.43. The molecule has 2 atom stereocenters. The Kier molecular flexibility index (Phi) is 3.04. The number of carbonyl (C=O) groups excluding carboxylic acids is 1. The molecule has 0 saturated carbocycles. The van der Waals surface area contributed by atoms with Crippen molar-refractivity contribution in [2.75, 3.05) is 20.6 Å². The van der Waals surface area contributed by atoms with Crippen molar-refractivity contribution in [3.63, 3.8) is 0 Å². The second-order valence-electron chi connectivity index (χ2n) is 4.38. The summed E-state index contributed by atoms with van der Waals surface area (Å²) in [5, 5.41) is 9.30. The average molecular weight is 214 g/mol. The summed E-state index contributed by atoms with van der Waals surface area (Å²) in [6, 6.07) is 0.183. The third-order valence-corrected chi connectivity index (χ3v) is 3.41. The Bertz CT molecular complexity index is 280. The molecule has 1 N–H and O–H groups in total. The molecule has 0 spiro atoms. The maximum absolute atomic E-state index is 11.3. The van der Waals surface area contributed by atoms with E-state index in [9.17, 15) is 14.7 Å². The molecule has 5 heteroatoms. The zero-order chi connectivity index (χ0) is 11.8. The van der Waals surface area contributed by atoms with Crippen molar-refractivity contribution in [2.24, 2.45) is 0 Å². The van der Waals surface area contributed by atoms with Crippen LogP contribution in [0.25, 0.3) is 0 Å². The number of carboxylic acids is 1. The lowest BCUT2D eigenvalue weighted by Gasteiger charge is -2.33. The number of aliphatic carboxylic acids is 1. The van der Waals surface area contributed by atoms with E-state index < -0.39 is 11.5 Å². The topological polar surface area (TPSA) is 60.9 Å². The first kappa shape index (κ1) is 12.0. The van der Waals surface area contributed by atoms with E-state index in [2.05, 4.69) is 0 Å². The smallest absolute Gasteiger partial charge is 0.331 e. The standard InChI is InChI=1S/C10H18N2O3/c1-7-5-10(9(14)15,6-11(7)3)12(4)8(2)13/h7H,5-6H2,1-4H3,(H,14,15). The third kappa shape index (κ3) is 1.84. The molecule has 5 nitrogen and oxygen atoms in total. The zero-order valence-electron chi connectivity index (χ0n) is 9.65. The lowest BCUT2D eigenvalue weighted by Crippen LogP contribution is -2.56. The SMILES string of the molecule is CC(=O)N(C)C1(C(=O)O)CC(C)N(C)C1. The molecule has 1 heterocycles. The molecule has 15 heavy (non-hydrogen) atoms. The van der Waals surface area contributed by atoms with E-state index in [1.54, 1.807) is 7.05 Å². The number of carbonyl (C=O) groups is 2. The van der Waals surface area contributed by atoms with Crippen LogP contribution in [0.2, 0.25) is 0 Å². The maximum atomic E-state index is 11.3. The monoisotopic (exact) mass is 214 g/mol. The molecule has 1 amide bonds. The molecule has 1 rings (SSSR count). The maximum Gasteiger partial charge on any atom is 0.331 e. The zero-order valence-corrected chi connectivity index (χ0v) is 9.65. The Hall–Kier alpha value is -1.10. The van der Waals surface area contributed by atoms with Crippen LogP contribution in [-0.4, -0.2) is 59.0 Å². The van der Waals surface area contributed by atoms with Crippen molar-refractivity contribution in [2.45, 2.75) is 31.8 Å².